The van der Waals surface area contributed by atoms with E-state index >= 15 is 0 Å². The van der Waals surface area contributed by atoms with E-state index in [4.69, 9.17) is 54.2 Å². The summed E-state index contributed by atoms with van der Waals surface area (Å²) in [6, 6.07) is 41.4. The van der Waals surface area contributed by atoms with E-state index in [-0.39, 0.29) is 26.4 Å². The molecule has 0 aromatic heterocycles. The molecule has 1 aliphatic rings. The van der Waals surface area contributed by atoms with E-state index in [9.17, 15) is 9.59 Å². The van der Waals surface area contributed by atoms with Crippen molar-refractivity contribution in [2.75, 3.05) is 26.4 Å². The first kappa shape index (κ1) is 44.4. The van der Waals surface area contributed by atoms with E-state index in [1.807, 2.05) is 74.5 Å². The van der Waals surface area contributed by atoms with Crippen LogP contribution in [0.4, 0.5) is 11.4 Å². The second kappa shape index (κ2) is 19.6. The molecule has 6 aromatic carbocycles. The Morgan fingerprint density at radius 1 is 0.556 bits per heavy atom. The molecule has 7 rings (SSSR count). The fourth-order valence-electron chi connectivity index (χ4n) is 7.84. The number of carbonyl (C=O) groups excluding carboxylic acids is 2. The molecule has 0 bridgehead atoms. The second-order valence-corrected chi connectivity index (χ2v) is 16.1. The number of carbonyl (C=O) groups is 2. The van der Waals surface area contributed by atoms with Gasteiger partial charge in [-0.1, -0.05) is 72.8 Å². The molecule has 0 fully saturated rings. The number of aryl methyl sites for hydroxylation is 2. The summed E-state index contributed by atoms with van der Waals surface area (Å²) in [6.07, 6.45) is 2.25. The van der Waals surface area contributed by atoms with E-state index < -0.39 is 17.4 Å². The number of ether oxygens (including phenoxy) is 4. The number of thiol groups is 2. The Bertz CT molecular complexity index is 2580. The SMILES string of the molecule is C=CC(=O)OCCOc1ccc(/C(C)=N/c2ccc(C3(c4ccc(/N=C(\C)c5ccc(OCCOC(=O)C=C)cc5)c(S)c4)c4cc(C)ccc4-c4ccc(C)cc43)cc2S)cc1. The maximum Gasteiger partial charge on any atom is 0.330 e. The van der Waals surface area contributed by atoms with Crippen LogP contribution in [0, 0.1) is 13.8 Å². The number of benzene rings is 6. The largest absolute Gasteiger partial charge is 0.490 e. The number of fused-ring (bicyclic) bond motifs is 3. The van der Waals surface area contributed by atoms with Gasteiger partial charge in [0.1, 0.15) is 37.9 Å². The number of hydrogen-bond donors (Lipinski definition) is 2. The molecule has 0 radical (unpaired) electrons. The van der Waals surface area contributed by atoms with Gasteiger partial charge >= 0.3 is 11.9 Å². The van der Waals surface area contributed by atoms with Crippen molar-refractivity contribution in [2.45, 2.75) is 42.9 Å². The summed E-state index contributed by atoms with van der Waals surface area (Å²) in [5.74, 6) is 0.358. The average molecular weight is 873 g/mol. The minimum atomic E-state index is -0.702. The normalized spacial score (nSPS) is 12.8. The lowest BCUT2D eigenvalue weighted by Gasteiger charge is -2.35. The Morgan fingerprint density at radius 2 is 0.952 bits per heavy atom. The molecular formula is C53H48N2O6S2. The smallest absolute Gasteiger partial charge is 0.330 e. The molecule has 0 atom stereocenters. The van der Waals surface area contributed by atoms with E-state index in [1.54, 1.807) is 0 Å². The monoisotopic (exact) mass is 872 g/mol. The number of hydrogen-bond acceptors (Lipinski definition) is 10. The van der Waals surface area contributed by atoms with Gasteiger partial charge in [-0.3, -0.25) is 9.98 Å². The predicted molar refractivity (Wildman–Crippen MR) is 258 cm³/mol. The highest BCUT2D eigenvalue weighted by atomic mass is 32.1. The van der Waals surface area contributed by atoms with Gasteiger partial charge in [0.25, 0.3) is 0 Å². The zero-order valence-electron chi connectivity index (χ0n) is 35.7. The second-order valence-electron chi connectivity index (χ2n) is 15.1. The lowest BCUT2D eigenvalue weighted by atomic mass is 9.67. The summed E-state index contributed by atoms with van der Waals surface area (Å²) < 4.78 is 21.4. The maximum absolute atomic E-state index is 11.3. The number of rotatable bonds is 16. The molecule has 10 heteroatoms. The zero-order valence-corrected chi connectivity index (χ0v) is 37.5. The van der Waals surface area contributed by atoms with Gasteiger partial charge < -0.3 is 18.9 Å². The number of aliphatic imine (C=N–C) groups is 2. The zero-order chi connectivity index (χ0) is 44.7. The van der Waals surface area contributed by atoms with E-state index in [2.05, 4.69) is 87.7 Å². The van der Waals surface area contributed by atoms with Crippen LogP contribution in [0.25, 0.3) is 11.1 Å². The van der Waals surface area contributed by atoms with Crippen molar-refractivity contribution in [3.05, 3.63) is 191 Å². The topological polar surface area (TPSA) is 95.8 Å². The van der Waals surface area contributed by atoms with Gasteiger partial charge in [0, 0.05) is 33.4 Å². The predicted octanol–water partition coefficient (Wildman–Crippen LogP) is 11.7. The first-order valence-corrected chi connectivity index (χ1v) is 21.4. The summed E-state index contributed by atoms with van der Waals surface area (Å²) in [5.41, 5.74) is 13.5. The van der Waals surface area contributed by atoms with Gasteiger partial charge in [0.15, 0.2) is 0 Å². The summed E-state index contributed by atoms with van der Waals surface area (Å²) >= 11 is 10.2. The van der Waals surface area contributed by atoms with Crippen LogP contribution < -0.4 is 9.47 Å². The van der Waals surface area contributed by atoms with Crippen LogP contribution in [-0.2, 0) is 24.5 Å². The first-order valence-electron chi connectivity index (χ1n) is 20.5. The van der Waals surface area contributed by atoms with E-state index in [0.29, 0.717) is 11.5 Å². The van der Waals surface area contributed by atoms with Crippen LogP contribution in [0.3, 0.4) is 0 Å². The van der Waals surface area contributed by atoms with Crippen LogP contribution >= 0.6 is 25.3 Å². The van der Waals surface area contributed by atoms with Crippen LogP contribution in [0.2, 0.25) is 0 Å². The van der Waals surface area contributed by atoms with Gasteiger partial charge in [0.2, 0.25) is 0 Å². The molecule has 0 aliphatic heterocycles. The Hall–Kier alpha value is -6.62. The molecule has 63 heavy (non-hydrogen) atoms. The van der Waals surface area contributed by atoms with Crippen molar-refractivity contribution in [1.29, 1.82) is 0 Å². The Morgan fingerprint density at radius 3 is 1.32 bits per heavy atom. The van der Waals surface area contributed by atoms with Gasteiger partial charge in [-0.25, -0.2) is 9.59 Å². The van der Waals surface area contributed by atoms with E-state index in [0.717, 1.165) is 78.1 Å². The number of nitrogens with zero attached hydrogens (tertiary/aromatic N) is 2. The first-order chi connectivity index (χ1) is 30.4. The van der Waals surface area contributed by atoms with Crippen molar-refractivity contribution >= 4 is 60.0 Å². The summed E-state index contributed by atoms with van der Waals surface area (Å²) in [6.45, 7) is 15.8. The minimum absolute atomic E-state index is 0.135. The Labute approximate surface area is 379 Å². The lowest BCUT2D eigenvalue weighted by molar-refractivity contribution is -0.139. The molecule has 0 amide bonds. The third kappa shape index (κ3) is 9.73. The molecule has 318 valence electrons. The Balaban J connectivity index is 1.22. The molecule has 0 N–H and O–H groups in total. The molecule has 0 unspecified atom stereocenters. The van der Waals surface area contributed by atoms with Crippen molar-refractivity contribution in [2.24, 2.45) is 9.98 Å². The molecule has 0 saturated carbocycles. The quantitative estimate of drug-likeness (QED) is 0.0330. The lowest BCUT2D eigenvalue weighted by Crippen LogP contribution is -2.29. The van der Waals surface area contributed by atoms with E-state index in [1.165, 1.54) is 22.3 Å². The summed E-state index contributed by atoms with van der Waals surface area (Å²) in [5, 5.41) is 0. The molecular weight excluding hydrogens is 825 g/mol. The molecule has 0 heterocycles. The molecule has 8 nitrogen and oxygen atoms in total. The molecule has 6 aromatic rings. The van der Waals surface area contributed by atoms with Crippen molar-refractivity contribution in [3.63, 3.8) is 0 Å². The van der Waals surface area contributed by atoms with Gasteiger partial charge in [-0.05, 0) is 145 Å². The highest BCUT2D eigenvalue weighted by Gasteiger charge is 2.46. The molecule has 0 spiro atoms. The fraction of sp³-hybridized carbons (Fsp3) is 0.170. The highest BCUT2D eigenvalue weighted by Crippen LogP contribution is 2.57. The Kier molecular flexibility index (Phi) is 13.8. The van der Waals surface area contributed by atoms with Crippen LogP contribution in [0.1, 0.15) is 58.4 Å². The van der Waals surface area contributed by atoms with Crippen LogP contribution in [0.15, 0.2) is 166 Å². The minimum Gasteiger partial charge on any atom is -0.490 e. The van der Waals surface area contributed by atoms with Crippen LogP contribution in [0.5, 0.6) is 11.5 Å². The highest BCUT2D eigenvalue weighted by molar-refractivity contribution is 7.80. The van der Waals surface area contributed by atoms with Crippen molar-refractivity contribution in [1.82, 2.24) is 0 Å². The summed E-state index contributed by atoms with van der Waals surface area (Å²) in [4.78, 5) is 34.2. The third-order valence-electron chi connectivity index (χ3n) is 10.9. The third-order valence-corrected chi connectivity index (χ3v) is 11.6. The van der Waals surface area contributed by atoms with Gasteiger partial charge in [-0.15, -0.1) is 25.3 Å². The molecule has 0 saturated heterocycles. The maximum atomic E-state index is 11.3. The van der Waals surface area contributed by atoms with Crippen LogP contribution in [-0.4, -0.2) is 49.8 Å². The standard InChI is InChI=1S/C53H48N2O6S2/c1-7-51(56)60-27-25-58-41-17-11-37(12-18-41)35(5)54-47-23-15-39(31-49(47)62)53(45-29-33(3)9-21-43(45)44-22-10-34(4)30-46(44)53)40-16-24-48(50(63)32-40)55-36(6)38-13-19-42(20-14-38)59-26-28-61-52(57)8-2/h7-24,29-32,62-63H,1-2,25-28H2,3-6H3/b54-35+,55-36+. The molecule has 1 aliphatic carbocycles. The number of esters is 2. The summed E-state index contributed by atoms with van der Waals surface area (Å²) in [7, 11) is 0. The van der Waals surface area contributed by atoms with Gasteiger partial charge in [-0.2, -0.15) is 0 Å². The van der Waals surface area contributed by atoms with Crippen molar-refractivity contribution in [3.8, 4) is 22.6 Å². The van der Waals surface area contributed by atoms with Crippen molar-refractivity contribution < 1.29 is 28.5 Å². The average Bonchev–Trinajstić information content (AvgIpc) is 3.56. The fourth-order valence-corrected chi connectivity index (χ4v) is 8.37. The van der Waals surface area contributed by atoms with Gasteiger partial charge in [0.05, 0.1) is 16.8 Å².